The van der Waals surface area contributed by atoms with Crippen molar-refractivity contribution in [3.63, 3.8) is 0 Å². The van der Waals surface area contributed by atoms with E-state index in [1.807, 2.05) is 0 Å². The second-order valence-corrected chi connectivity index (χ2v) is 7.20. The van der Waals surface area contributed by atoms with Crippen molar-refractivity contribution in [3.8, 4) is 0 Å². The predicted octanol–water partition coefficient (Wildman–Crippen LogP) is 0.786. The molecule has 0 saturated carbocycles. The van der Waals surface area contributed by atoms with E-state index in [1.165, 1.54) is 17.9 Å². The number of ether oxygens (including phenoxy) is 2. The summed E-state index contributed by atoms with van der Waals surface area (Å²) in [7, 11) is 1.74. The summed E-state index contributed by atoms with van der Waals surface area (Å²) in [6.45, 7) is 9.29. The van der Waals surface area contributed by atoms with Crippen molar-refractivity contribution >= 4 is 17.7 Å². The fourth-order valence-corrected chi connectivity index (χ4v) is 4.57. The molecule has 0 radical (unpaired) electrons. The van der Waals surface area contributed by atoms with E-state index >= 15 is 0 Å². The quantitative estimate of drug-likeness (QED) is 0.386. The van der Waals surface area contributed by atoms with Crippen molar-refractivity contribution in [2.45, 2.75) is 25.3 Å². The summed E-state index contributed by atoms with van der Waals surface area (Å²) in [5, 5.41) is 6.76. The van der Waals surface area contributed by atoms with Crippen molar-refractivity contribution in [1.82, 2.24) is 15.5 Å². The van der Waals surface area contributed by atoms with Crippen LogP contribution in [0.5, 0.6) is 0 Å². The molecule has 0 aromatic heterocycles. The monoisotopic (exact) mass is 344 g/mol. The molecule has 0 aromatic rings. The van der Waals surface area contributed by atoms with Crippen molar-refractivity contribution in [2.24, 2.45) is 4.99 Å². The second kappa shape index (κ2) is 10.4. The van der Waals surface area contributed by atoms with Crippen LogP contribution in [0.3, 0.4) is 0 Å². The number of methoxy groups -OCH3 is 1. The normalized spacial score (nSPS) is 26.4. The zero-order valence-corrected chi connectivity index (χ0v) is 15.4. The van der Waals surface area contributed by atoms with Gasteiger partial charge in [-0.3, -0.25) is 9.89 Å². The van der Waals surface area contributed by atoms with E-state index in [-0.39, 0.29) is 5.54 Å². The molecule has 0 aliphatic carbocycles. The first-order valence-electron chi connectivity index (χ1n) is 8.72. The minimum atomic E-state index is 0.212. The molecule has 2 heterocycles. The van der Waals surface area contributed by atoms with E-state index in [2.05, 4.69) is 34.2 Å². The van der Waals surface area contributed by atoms with Gasteiger partial charge in [0.2, 0.25) is 0 Å². The molecule has 0 spiro atoms. The van der Waals surface area contributed by atoms with Gasteiger partial charge in [0, 0.05) is 45.6 Å². The highest BCUT2D eigenvalue weighted by molar-refractivity contribution is 7.99. The third kappa shape index (κ3) is 5.81. The Bertz CT molecular complexity index is 356. The van der Waals surface area contributed by atoms with Gasteiger partial charge < -0.3 is 20.1 Å². The van der Waals surface area contributed by atoms with Crippen LogP contribution < -0.4 is 10.6 Å². The topological polar surface area (TPSA) is 58.1 Å². The highest BCUT2D eigenvalue weighted by Gasteiger charge is 2.40. The zero-order valence-electron chi connectivity index (χ0n) is 14.6. The van der Waals surface area contributed by atoms with Gasteiger partial charge in [0.1, 0.15) is 0 Å². The lowest BCUT2D eigenvalue weighted by molar-refractivity contribution is -0.0104. The molecule has 2 rings (SSSR count). The second-order valence-electron chi connectivity index (χ2n) is 6.09. The molecule has 2 aliphatic heterocycles. The van der Waals surface area contributed by atoms with Crippen LogP contribution >= 0.6 is 11.8 Å². The maximum atomic E-state index is 5.52. The first-order chi connectivity index (χ1) is 11.3. The average Bonchev–Trinajstić information content (AvgIpc) is 3.07. The molecule has 1 atom stereocenters. The lowest BCUT2D eigenvalue weighted by Gasteiger charge is -2.42. The van der Waals surface area contributed by atoms with Gasteiger partial charge in [0.25, 0.3) is 0 Å². The average molecular weight is 345 g/mol. The van der Waals surface area contributed by atoms with E-state index in [4.69, 9.17) is 14.5 Å². The van der Waals surface area contributed by atoms with Crippen molar-refractivity contribution in [3.05, 3.63) is 0 Å². The molecule has 0 bridgehead atoms. The Morgan fingerprint density at radius 1 is 1.35 bits per heavy atom. The number of nitrogens with zero attached hydrogens (tertiary/aromatic N) is 2. The minimum Gasteiger partial charge on any atom is -0.385 e. The van der Waals surface area contributed by atoms with E-state index in [0.717, 1.165) is 64.9 Å². The van der Waals surface area contributed by atoms with Gasteiger partial charge in [-0.15, -0.1) is 0 Å². The molecule has 7 heteroatoms. The number of morpholine rings is 1. The van der Waals surface area contributed by atoms with E-state index in [0.29, 0.717) is 0 Å². The van der Waals surface area contributed by atoms with Crippen LogP contribution in [0.15, 0.2) is 4.99 Å². The summed E-state index contributed by atoms with van der Waals surface area (Å²) in [4.78, 5) is 7.50. The molecular formula is C16H32N4O2S. The number of hydrogen-bond acceptors (Lipinski definition) is 5. The van der Waals surface area contributed by atoms with Crippen LogP contribution in [0.2, 0.25) is 0 Å². The maximum Gasteiger partial charge on any atom is 0.191 e. The minimum absolute atomic E-state index is 0.212. The summed E-state index contributed by atoms with van der Waals surface area (Å²) >= 11 is 2.06. The van der Waals surface area contributed by atoms with Crippen LogP contribution in [0.25, 0.3) is 0 Å². The summed E-state index contributed by atoms with van der Waals surface area (Å²) in [5.41, 5.74) is 0.212. The van der Waals surface area contributed by atoms with Gasteiger partial charge in [-0.05, 0) is 25.5 Å². The third-order valence-electron chi connectivity index (χ3n) is 4.46. The van der Waals surface area contributed by atoms with Gasteiger partial charge in [0.05, 0.1) is 25.3 Å². The molecule has 2 aliphatic rings. The molecule has 0 amide bonds. The summed E-state index contributed by atoms with van der Waals surface area (Å²) < 4.78 is 10.6. The van der Waals surface area contributed by atoms with Gasteiger partial charge >= 0.3 is 0 Å². The van der Waals surface area contributed by atoms with Crippen molar-refractivity contribution in [2.75, 3.05) is 71.2 Å². The largest absolute Gasteiger partial charge is 0.385 e. The Labute approximate surface area is 144 Å². The third-order valence-corrected chi connectivity index (χ3v) is 5.69. The Kier molecular flexibility index (Phi) is 8.50. The maximum absolute atomic E-state index is 5.52. The Morgan fingerprint density at radius 2 is 2.17 bits per heavy atom. The Morgan fingerprint density at radius 3 is 2.83 bits per heavy atom. The van der Waals surface area contributed by atoms with E-state index < -0.39 is 0 Å². The Balaban J connectivity index is 1.93. The van der Waals surface area contributed by atoms with Gasteiger partial charge in [-0.25, -0.2) is 0 Å². The number of hydrogen-bond donors (Lipinski definition) is 2. The first-order valence-corrected chi connectivity index (χ1v) is 9.88. The molecule has 0 aromatic carbocycles. The summed E-state index contributed by atoms with van der Waals surface area (Å²) in [6.07, 6.45) is 2.22. The van der Waals surface area contributed by atoms with Crippen LogP contribution in [0.4, 0.5) is 0 Å². The van der Waals surface area contributed by atoms with Crippen LogP contribution in [0, 0.1) is 0 Å². The number of thioether (sulfide) groups is 1. The lowest BCUT2D eigenvalue weighted by Crippen LogP contribution is -2.56. The lowest BCUT2D eigenvalue weighted by atomic mass is 9.96. The van der Waals surface area contributed by atoms with E-state index in [1.54, 1.807) is 7.11 Å². The van der Waals surface area contributed by atoms with Crippen LogP contribution in [0.1, 0.15) is 19.8 Å². The summed E-state index contributed by atoms with van der Waals surface area (Å²) in [6, 6.07) is 0. The molecule has 2 fully saturated rings. The number of aliphatic imine (C=N–C) groups is 1. The number of nitrogens with one attached hydrogen (secondary N) is 2. The highest BCUT2D eigenvalue weighted by Crippen LogP contribution is 2.34. The van der Waals surface area contributed by atoms with E-state index in [9.17, 15) is 0 Å². The van der Waals surface area contributed by atoms with Crippen LogP contribution in [-0.2, 0) is 9.47 Å². The smallest absolute Gasteiger partial charge is 0.191 e. The SMILES string of the molecule is CCNC(=NCC1(N2CCOCC2)CCSC1)NCCCOC. The molecule has 23 heavy (non-hydrogen) atoms. The highest BCUT2D eigenvalue weighted by atomic mass is 32.2. The zero-order chi connectivity index (χ0) is 16.4. The molecule has 1 unspecified atom stereocenters. The number of rotatable bonds is 8. The molecule has 2 saturated heterocycles. The Hall–Kier alpha value is -0.500. The molecule has 2 N–H and O–H groups in total. The van der Waals surface area contributed by atoms with Crippen molar-refractivity contribution < 1.29 is 9.47 Å². The number of guanidine groups is 1. The predicted molar refractivity (Wildman–Crippen MR) is 97.5 cm³/mol. The molecule has 6 nitrogen and oxygen atoms in total. The van der Waals surface area contributed by atoms with Gasteiger partial charge in [-0.2, -0.15) is 11.8 Å². The molecule has 134 valence electrons. The van der Waals surface area contributed by atoms with Gasteiger partial charge in [0.15, 0.2) is 5.96 Å². The molecular weight excluding hydrogens is 312 g/mol. The fourth-order valence-electron chi connectivity index (χ4n) is 3.10. The van der Waals surface area contributed by atoms with Crippen molar-refractivity contribution in [1.29, 1.82) is 0 Å². The fraction of sp³-hybridized carbons (Fsp3) is 0.938. The standard InChI is InChI=1S/C16H32N4O2S/c1-3-17-15(18-6-4-9-21-2)19-13-16(5-12-23-14-16)20-7-10-22-11-8-20/h3-14H2,1-2H3,(H2,17,18,19). The summed E-state index contributed by atoms with van der Waals surface area (Å²) in [5.74, 6) is 3.35. The van der Waals surface area contributed by atoms with Gasteiger partial charge in [-0.1, -0.05) is 0 Å². The first kappa shape index (κ1) is 18.8. The van der Waals surface area contributed by atoms with Crippen LogP contribution in [-0.4, -0.2) is 87.6 Å².